The van der Waals surface area contributed by atoms with Crippen LogP contribution in [0.15, 0.2) is 47.6 Å². The molecule has 0 spiro atoms. The van der Waals surface area contributed by atoms with Gasteiger partial charge in [0.1, 0.15) is 11.9 Å². The molecule has 28 heavy (non-hydrogen) atoms. The number of nitrogens with zero attached hydrogens (tertiary/aromatic N) is 4. The number of amides is 2. The van der Waals surface area contributed by atoms with Gasteiger partial charge in [-0.3, -0.25) is 9.69 Å². The number of azide groups is 1. The number of hydrogen-bond donors (Lipinski definition) is 1. The lowest BCUT2D eigenvalue weighted by Gasteiger charge is -2.14. The van der Waals surface area contributed by atoms with Crippen molar-refractivity contribution >= 4 is 17.7 Å². The molecule has 9 heteroatoms. The monoisotopic (exact) mass is 383 g/mol. The lowest BCUT2D eigenvalue weighted by molar-refractivity contribution is -0.119. The highest BCUT2D eigenvalue weighted by atomic mass is 19.1. The van der Waals surface area contributed by atoms with Crippen molar-refractivity contribution in [3.8, 4) is 11.1 Å². The number of nitrogens with one attached hydrogen (secondary N) is 1. The average Bonchev–Trinajstić information content (AvgIpc) is 3.06. The molecule has 0 radical (unpaired) electrons. The van der Waals surface area contributed by atoms with E-state index in [9.17, 15) is 14.0 Å². The molecule has 1 N–H and O–H groups in total. The van der Waals surface area contributed by atoms with Crippen LogP contribution in [-0.4, -0.2) is 31.2 Å². The highest BCUT2D eigenvalue weighted by Gasteiger charge is 2.32. The summed E-state index contributed by atoms with van der Waals surface area (Å²) >= 11 is 0. The van der Waals surface area contributed by atoms with Crippen molar-refractivity contribution in [1.29, 1.82) is 0 Å². The summed E-state index contributed by atoms with van der Waals surface area (Å²) in [6.07, 6.45) is -1.06. The summed E-state index contributed by atoms with van der Waals surface area (Å²) in [7, 11) is 0. The number of benzene rings is 2. The molecule has 1 unspecified atom stereocenters. The molecule has 2 aromatic rings. The molecule has 0 saturated carbocycles. The second-order valence-corrected chi connectivity index (χ2v) is 6.30. The van der Waals surface area contributed by atoms with E-state index < -0.39 is 18.0 Å². The Balaban J connectivity index is 1.74. The first-order valence-electron chi connectivity index (χ1n) is 8.60. The summed E-state index contributed by atoms with van der Waals surface area (Å²) < 4.78 is 19.9. The third-order valence-electron chi connectivity index (χ3n) is 4.30. The standard InChI is InChI=1S/C19H18FN5O3/c1-12(26)22-10-16-11-25(19(27)28-16)15-6-7-17(18(20)8-15)14-4-2-13(3-5-14)9-23-24-21/h2-8,16H,9-11H2,1H3,(H,22,26). The zero-order valence-corrected chi connectivity index (χ0v) is 15.1. The first-order valence-corrected chi connectivity index (χ1v) is 8.60. The molecular formula is C19H18FN5O3. The largest absolute Gasteiger partial charge is 0.442 e. The molecule has 3 rings (SSSR count). The molecule has 1 aliphatic rings. The third-order valence-corrected chi connectivity index (χ3v) is 4.30. The predicted molar refractivity (Wildman–Crippen MR) is 101 cm³/mol. The molecule has 0 aliphatic carbocycles. The van der Waals surface area contributed by atoms with Gasteiger partial charge in [0.2, 0.25) is 5.91 Å². The van der Waals surface area contributed by atoms with Gasteiger partial charge in [-0.25, -0.2) is 9.18 Å². The highest BCUT2D eigenvalue weighted by molar-refractivity contribution is 5.90. The van der Waals surface area contributed by atoms with Gasteiger partial charge in [0.15, 0.2) is 0 Å². The Kier molecular flexibility index (Phi) is 5.76. The van der Waals surface area contributed by atoms with E-state index in [2.05, 4.69) is 15.3 Å². The minimum Gasteiger partial charge on any atom is -0.442 e. The minimum atomic E-state index is -0.579. The van der Waals surface area contributed by atoms with E-state index in [0.717, 1.165) is 5.56 Å². The van der Waals surface area contributed by atoms with Crippen molar-refractivity contribution in [3.05, 3.63) is 64.3 Å². The number of cyclic esters (lactones) is 1. The molecule has 1 heterocycles. The smallest absolute Gasteiger partial charge is 0.414 e. The van der Waals surface area contributed by atoms with Crippen LogP contribution in [-0.2, 0) is 16.1 Å². The van der Waals surface area contributed by atoms with E-state index in [1.165, 1.54) is 17.9 Å². The molecule has 2 amide bonds. The first-order chi connectivity index (χ1) is 13.5. The van der Waals surface area contributed by atoms with Crippen LogP contribution in [0.1, 0.15) is 12.5 Å². The number of ether oxygens (including phenoxy) is 1. The Morgan fingerprint density at radius 2 is 2.11 bits per heavy atom. The summed E-state index contributed by atoms with van der Waals surface area (Å²) in [5.74, 6) is -0.686. The highest BCUT2D eigenvalue weighted by Crippen LogP contribution is 2.29. The Labute approximate surface area is 160 Å². The normalized spacial score (nSPS) is 15.7. The number of anilines is 1. The SMILES string of the molecule is CC(=O)NCC1CN(c2ccc(-c3ccc(CN=[N+]=[N-])cc3)c(F)c2)C(=O)O1. The number of hydrogen-bond acceptors (Lipinski definition) is 4. The second kappa shape index (κ2) is 8.41. The summed E-state index contributed by atoms with van der Waals surface area (Å²) in [4.78, 5) is 27.1. The third kappa shape index (κ3) is 4.39. The maximum Gasteiger partial charge on any atom is 0.414 e. The molecule has 1 atom stereocenters. The van der Waals surface area contributed by atoms with Gasteiger partial charge in [-0.1, -0.05) is 29.4 Å². The van der Waals surface area contributed by atoms with Gasteiger partial charge in [0.25, 0.3) is 0 Å². The molecule has 1 fully saturated rings. The van der Waals surface area contributed by atoms with Crippen molar-refractivity contribution in [2.75, 3.05) is 18.0 Å². The van der Waals surface area contributed by atoms with Gasteiger partial charge in [0, 0.05) is 17.4 Å². The number of carbonyl (C=O) groups is 2. The quantitative estimate of drug-likeness (QED) is 0.466. The van der Waals surface area contributed by atoms with Crippen molar-refractivity contribution < 1.29 is 18.7 Å². The molecular weight excluding hydrogens is 365 g/mol. The molecule has 2 aromatic carbocycles. The van der Waals surface area contributed by atoms with Crippen LogP contribution in [0.3, 0.4) is 0 Å². The van der Waals surface area contributed by atoms with Gasteiger partial charge in [-0.05, 0) is 34.9 Å². The molecule has 0 bridgehead atoms. The summed E-state index contributed by atoms with van der Waals surface area (Å²) in [6, 6.07) is 11.5. The maximum absolute atomic E-state index is 14.7. The summed E-state index contributed by atoms with van der Waals surface area (Å²) in [6.45, 7) is 2.05. The number of rotatable bonds is 6. The van der Waals surface area contributed by atoms with Gasteiger partial charge in [-0.15, -0.1) is 0 Å². The van der Waals surface area contributed by atoms with E-state index in [4.69, 9.17) is 10.3 Å². The van der Waals surface area contributed by atoms with Crippen LogP contribution in [0.4, 0.5) is 14.9 Å². The topological polar surface area (TPSA) is 107 Å². The van der Waals surface area contributed by atoms with E-state index in [-0.39, 0.29) is 25.5 Å². The predicted octanol–water partition coefficient (Wildman–Crippen LogP) is 3.76. The van der Waals surface area contributed by atoms with Crippen LogP contribution in [0.25, 0.3) is 21.6 Å². The molecule has 0 aromatic heterocycles. The fourth-order valence-corrected chi connectivity index (χ4v) is 2.91. The van der Waals surface area contributed by atoms with E-state index in [1.54, 1.807) is 36.4 Å². The van der Waals surface area contributed by atoms with Crippen LogP contribution < -0.4 is 10.2 Å². The van der Waals surface area contributed by atoms with Gasteiger partial charge < -0.3 is 10.1 Å². The summed E-state index contributed by atoms with van der Waals surface area (Å²) in [5, 5.41) is 6.08. The average molecular weight is 383 g/mol. The van der Waals surface area contributed by atoms with Gasteiger partial charge in [-0.2, -0.15) is 0 Å². The second-order valence-electron chi connectivity index (χ2n) is 6.30. The Hall–Kier alpha value is -3.58. The number of halogens is 1. The van der Waals surface area contributed by atoms with E-state index >= 15 is 0 Å². The van der Waals surface area contributed by atoms with Gasteiger partial charge in [0.05, 0.1) is 25.3 Å². The van der Waals surface area contributed by atoms with Crippen LogP contribution in [0.2, 0.25) is 0 Å². The maximum atomic E-state index is 14.7. The lowest BCUT2D eigenvalue weighted by atomic mass is 10.0. The molecule has 1 aliphatic heterocycles. The van der Waals surface area contributed by atoms with Gasteiger partial charge >= 0.3 is 6.09 Å². The van der Waals surface area contributed by atoms with Crippen molar-refractivity contribution in [2.24, 2.45) is 5.11 Å². The van der Waals surface area contributed by atoms with E-state index in [0.29, 0.717) is 16.8 Å². The zero-order chi connectivity index (χ0) is 20.1. The summed E-state index contributed by atoms with van der Waals surface area (Å²) in [5.41, 5.74) is 10.6. The Morgan fingerprint density at radius 1 is 1.36 bits per heavy atom. The Morgan fingerprint density at radius 3 is 2.75 bits per heavy atom. The van der Waals surface area contributed by atoms with Crippen molar-refractivity contribution in [3.63, 3.8) is 0 Å². The van der Waals surface area contributed by atoms with Crippen molar-refractivity contribution in [2.45, 2.75) is 19.6 Å². The zero-order valence-electron chi connectivity index (χ0n) is 15.1. The fraction of sp³-hybridized carbons (Fsp3) is 0.263. The van der Waals surface area contributed by atoms with Crippen LogP contribution in [0.5, 0.6) is 0 Å². The molecule has 144 valence electrons. The lowest BCUT2D eigenvalue weighted by Crippen LogP contribution is -2.33. The van der Waals surface area contributed by atoms with Crippen molar-refractivity contribution in [1.82, 2.24) is 5.32 Å². The molecule has 8 nitrogen and oxygen atoms in total. The van der Waals surface area contributed by atoms with Crippen LogP contribution in [0, 0.1) is 5.82 Å². The number of carbonyl (C=O) groups excluding carboxylic acids is 2. The fourth-order valence-electron chi connectivity index (χ4n) is 2.91. The Bertz CT molecular complexity index is 941. The molecule has 1 saturated heterocycles. The van der Waals surface area contributed by atoms with E-state index in [1.807, 2.05) is 0 Å². The van der Waals surface area contributed by atoms with Crippen LogP contribution >= 0.6 is 0 Å². The first kappa shape index (κ1) is 19.2. The minimum absolute atomic E-state index is 0.209.